The molecule has 0 aliphatic rings. The van der Waals surface area contributed by atoms with Crippen molar-refractivity contribution >= 4 is 23.5 Å². The van der Waals surface area contributed by atoms with Crippen LogP contribution in [0.25, 0.3) is 0 Å². The van der Waals surface area contributed by atoms with Gasteiger partial charge in [-0.15, -0.1) is 11.8 Å². The van der Waals surface area contributed by atoms with E-state index in [4.69, 9.17) is 5.11 Å². The molecule has 2 rings (SSSR count). The van der Waals surface area contributed by atoms with Crippen LogP contribution in [-0.2, 0) is 10.5 Å². The molecule has 2 aromatic rings. The van der Waals surface area contributed by atoms with Gasteiger partial charge in [0.1, 0.15) is 11.6 Å². The summed E-state index contributed by atoms with van der Waals surface area (Å²) in [6.45, 7) is 0. The van der Waals surface area contributed by atoms with E-state index in [9.17, 15) is 18.4 Å². The Morgan fingerprint density at radius 2 is 1.62 bits per heavy atom. The van der Waals surface area contributed by atoms with Crippen molar-refractivity contribution in [1.29, 1.82) is 0 Å². The number of aliphatic carboxylic acids is 1. The van der Waals surface area contributed by atoms with Gasteiger partial charge >= 0.3 is 5.97 Å². The topological polar surface area (TPSA) is 54.4 Å². The highest BCUT2D eigenvalue weighted by atomic mass is 32.2. The summed E-state index contributed by atoms with van der Waals surface area (Å²) in [5.41, 5.74) is -0.105. The second-order valence-electron chi connectivity index (χ2n) is 4.12. The van der Waals surface area contributed by atoms with Gasteiger partial charge in [0.05, 0.1) is 0 Å². The van der Waals surface area contributed by atoms with Crippen molar-refractivity contribution < 1.29 is 23.5 Å². The molecule has 1 N–H and O–H groups in total. The number of Topliss-reactive ketones (excluding diaryl/α,β-unsaturated/α-hetero) is 1. The lowest BCUT2D eigenvalue weighted by Crippen LogP contribution is -2.13. The quantitative estimate of drug-likeness (QED) is 0.521. The molecule has 108 valence electrons. The summed E-state index contributed by atoms with van der Waals surface area (Å²) in [5, 5.41) is 8.75. The molecule has 0 fully saturated rings. The van der Waals surface area contributed by atoms with Gasteiger partial charge < -0.3 is 5.11 Å². The van der Waals surface area contributed by atoms with Crippen molar-refractivity contribution in [3.63, 3.8) is 0 Å². The van der Waals surface area contributed by atoms with E-state index < -0.39 is 23.4 Å². The number of carboxylic acids is 1. The van der Waals surface area contributed by atoms with Crippen LogP contribution in [0, 0.1) is 11.6 Å². The van der Waals surface area contributed by atoms with E-state index in [0.29, 0.717) is 4.90 Å². The Morgan fingerprint density at radius 1 is 1.00 bits per heavy atom. The summed E-state index contributed by atoms with van der Waals surface area (Å²) in [7, 11) is 0. The zero-order valence-corrected chi connectivity index (χ0v) is 11.5. The number of thioether (sulfide) groups is 1. The number of ketones is 1. The molecule has 0 aromatic heterocycles. The Morgan fingerprint density at radius 3 is 2.24 bits per heavy atom. The third-order valence-corrected chi connectivity index (χ3v) is 3.86. The van der Waals surface area contributed by atoms with Gasteiger partial charge in [0.15, 0.2) is 0 Å². The van der Waals surface area contributed by atoms with Crippen molar-refractivity contribution in [2.75, 3.05) is 0 Å². The molecule has 0 aliphatic carbocycles. The first-order chi connectivity index (χ1) is 10.0. The number of hydrogen-bond acceptors (Lipinski definition) is 3. The van der Waals surface area contributed by atoms with Gasteiger partial charge in [0, 0.05) is 21.8 Å². The lowest BCUT2D eigenvalue weighted by Gasteiger charge is -2.08. The monoisotopic (exact) mass is 308 g/mol. The first kappa shape index (κ1) is 15.2. The average Bonchev–Trinajstić information content (AvgIpc) is 2.46. The Balaban J connectivity index is 2.25. The van der Waals surface area contributed by atoms with Crippen LogP contribution in [0.3, 0.4) is 0 Å². The number of benzene rings is 2. The summed E-state index contributed by atoms with van der Waals surface area (Å²) < 4.78 is 27.1. The number of hydrogen-bond donors (Lipinski definition) is 1. The number of carboxylic acid groups (broad SMARTS) is 1. The van der Waals surface area contributed by atoms with Gasteiger partial charge in [-0.1, -0.05) is 18.2 Å². The molecule has 0 saturated carbocycles. The van der Waals surface area contributed by atoms with Gasteiger partial charge in [-0.2, -0.15) is 0 Å². The minimum atomic E-state index is -1.57. The number of halogens is 2. The van der Waals surface area contributed by atoms with Crippen molar-refractivity contribution in [2.24, 2.45) is 0 Å². The number of rotatable bonds is 5. The first-order valence-corrected chi connectivity index (χ1v) is 6.91. The van der Waals surface area contributed by atoms with Crippen molar-refractivity contribution in [3.8, 4) is 0 Å². The van der Waals surface area contributed by atoms with Crippen LogP contribution >= 0.6 is 11.8 Å². The van der Waals surface area contributed by atoms with Gasteiger partial charge in [-0.3, -0.25) is 4.79 Å². The van der Waals surface area contributed by atoms with Gasteiger partial charge in [-0.05, 0) is 24.3 Å². The predicted molar refractivity (Wildman–Crippen MR) is 74.3 cm³/mol. The molecule has 2 aromatic carbocycles. The molecule has 0 bridgehead atoms. The molecular weight excluding hydrogens is 298 g/mol. The summed E-state index contributed by atoms with van der Waals surface area (Å²) >= 11 is 1.01. The van der Waals surface area contributed by atoms with Crippen LogP contribution in [0.2, 0.25) is 0 Å². The highest BCUT2D eigenvalue weighted by Gasteiger charge is 2.19. The number of carbonyl (C=O) groups excluding carboxylic acids is 1. The fourth-order valence-corrected chi connectivity index (χ4v) is 2.78. The third-order valence-electron chi connectivity index (χ3n) is 2.76. The summed E-state index contributed by atoms with van der Waals surface area (Å²) in [4.78, 5) is 22.7. The minimum absolute atomic E-state index is 0.00625. The molecule has 3 nitrogen and oxygen atoms in total. The molecule has 21 heavy (non-hydrogen) atoms. The largest absolute Gasteiger partial charge is 0.475 e. The van der Waals surface area contributed by atoms with E-state index in [1.807, 2.05) is 0 Å². The van der Waals surface area contributed by atoms with E-state index in [2.05, 4.69) is 0 Å². The molecule has 0 aliphatic heterocycles. The third kappa shape index (κ3) is 3.46. The molecule has 0 unspecified atom stereocenters. The highest BCUT2D eigenvalue weighted by Crippen LogP contribution is 2.28. The minimum Gasteiger partial charge on any atom is -0.475 e. The number of carbonyl (C=O) groups is 2. The maximum Gasteiger partial charge on any atom is 0.377 e. The zero-order chi connectivity index (χ0) is 15.4. The molecule has 0 atom stereocenters. The molecule has 0 saturated heterocycles. The fraction of sp³-hybridized carbons (Fsp3) is 0.0667. The maximum atomic E-state index is 13.5. The van der Waals surface area contributed by atoms with Crippen LogP contribution in [-0.4, -0.2) is 16.9 Å². The Kier molecular flexibility index (Phi) is 4.70. The summed E-state index contributed by atoms with van der Waals surface area (Å²) in [6.07, 6.45) is 0. The maximum absolute atomic E-state index is 13.5. The normalized spacial score (nSPS) is 10.4. The SMILES string of the molecule is O=C(O)C(=O)c1ccccc1SCc1c(F)cccc1F. The van der Waals surface area contributed by atoms with Gasteiger partial charge in [0.25, 0.3) is 5.78 Å². The molecule has 0 heterocycles. The van der Waals surface area contributed by atoms with E-state index in [1.165, 1.54) is 18.2 Å². The standard InChI is InChI=1S/C15H10F2O3S/c16-11-5-3-6-12(17)10(11)8-21-13-7-2-1-4-9(13)14(18)15(19)20/h1-7H,8H2,(H,19,20). The van der Waals surface area contributed by atoms with E-state index in [1.54, 1.807) is 12.1 Å². The van der Waals surface area contributed by atoms with Crippen LogP contribution in [0.15, 0.2) is 47.4 Å². The molecule has 6 heteroatoms. The lowest BCUT2D eigenvalue weighted by atomic mass is 10.1. The van der Waals surface area contributed by atoms with E-state index in [0.717, 1.165) is 23.9 Å². The van der Waals surface area contributed by atoms with Crippen molar-refractivity contribution in [2.45, 2.75) is 10.6 Å². The molecular formula is C15H10F2O3S. The predicted octanol–water partition coefficient (Wildman–Crippen LogP) is 3.52. The Hall–Kier alpha value is -2.21. The second-order valence-corrected chi connectivity index (χ2v) is 5.14. The second kappa shape index (κ2) is 6.49. The fourth-order valence-electron chi connectivity index (χ4n) is 1.72. The summed E-state index contributed by atoms with van der Waals surface area (Å²) in [5.74, 6) is -4.01. The molecule has 0 spiro atoms. The average molecular weight is 308 g/mol. The lowest BCUT2D eigenvalue weighted by molar-refractivity contribution is -0.131. The first-order valence-electron chi connectivity index (χ1n) is 5.93. The van der Waals surface area contributed by atoms with Crippen molar-refractivity contribution in [1.82, 2.24) is 0 Å². The van der Waals surface area contributed by atoms with Crippen LogP contribution in [0.5, 0.6) is 0 Å². The van der Waals surface area contributed by atoms with Gasteiger partial charge in [-0.25, -0.2) is 13.6 Å². The van der Waals surface area contributed by atoms with E-state index in [-0.39, 0.29) is 16.9 Å². The highest BCUT2D eigenvalue weighted by molar-refractivity contribution is 7.98. The molecule has 0 radical (unpaired) electrons. The zero-order valence-electron chi connectivity index (χ0n) is 10.7. The van der Waals surface area contributed by atoms with Crippen LogP contribution < -0.4 is 0 Å². The Labute approximate surface area is 123 Å². The van der Waals surface area contributed by atoms with Crippen LogP contribution in [0.1, 0.15) is 15.9 Å². The van der Waals surface area contributed by atoms with Crippen molar-refractivity contribution in [3.05, 3.63) is 65.2 Å². The molecule has 0 amide bonds. The Bertz CT molecular complexity index is 681. The van der Waals surface area contributed by atoms with E-state index >= 15 is 0 Å². The van der Waals surface area contributed by atoms with Gasteiger partial charge in [0.2, 0.25) is 0 Å². The summed E-state index contributed by atoms with van der Waals surface area (Å²) in [6, 6.07) is 9.62. The van der Waals surface area contributed by atoms with Crippen LogP contribution in [0.4, 0.5) is 8.78 Å². The smallest absolute Gasteiger partial charge is 0.377 e.